The Morgan fingerprint density at radius 2 is 2.39 bits per heavy atom. The molecule has 4 heteroatoms. The van der Waals surface area contributed by atoms with Crippen molar-refractivity contribution in [3.8, 4) is 0 Å². The molecule has 0 radical (unpaired) electrons. The van der Waals surface area contributed by atoms with Crippen LogP contribution in [0.25, 0.3) is 0 Å². The largest absolute Gasteiger partial charge is 0.480 e. The minimum Gasteiger partial charge on any atom is -0.480 e. The summed E-state index contributed by atoms with van der Waals surface area (Å²) in [6.07, 6.45) is 2.41. The molecule has 1 saturated heterocycles. The van der Waals surface area contributed by atoms with Gasteiger partial charge >= 0.3 is 5.97 Å². The van der Waals surface area contributed by atoms with Crippen LogP contribution in [-0.4, -0.2) is 30.7 Å². The molecule has 1 heterocycles. The number of benzene rings is 1. The van der Waals surface area contributed by atoms with Crippen molar-refractivity contribution in [1.29, 1.82) is 0 Å². The number of carboxylic acid groups (broad SMARTS) is 1. The number of anilines is 1. The van der Waals surface area contributed by atoms with Crippen LogP contribution in [0.1, 0.15) is 29.9 Å². The fraction of sp³-hybridized carbons (Fsp3) is 0.500. The van der Waals surface area contributed by atoms with Crippen LogP contribution in [0.2, 0.25) is 0 Å². The molecule has 0 saturated carbocycles. The van der Waals surface area contributed by atoms with Crippen molar-refractivity contribution >= 4 is 11.7 Å². The topological polar surface area (TPSA) is 61.4 Å². The normalized spacial score (nSPS) is 19.5. The number of rotatable bonds is 4. The van der Waals surface area contributed by atoms with Crippen molar-refractivity contribution in [1.82, 2.24) is 5.32 Å². The summed E-state index contributed by atoms with van der Waals surface area (Å²) in [7, 11) is 0. The van der Waals surface area contributed by atoms with Gasteiger partial charge in [-0.2, -0.15) is 0 Å². The third-order valence-electron chi connectivity index (χ3n) is 3.46. The first-order valence-corrected chi connectivity index (χ1v) is 6.44. The highest BCUT2D eigenvalue weighted by Gasteiger charge is 2.15. The maximum atomic E-state index is 10.6. The van der Waals surface area contributed by atoms with Crippen LogP contribution in [0.15, 0.2) is 18.2 Å². The van der Waals surface area contributed by atoms with E-state index in [0.29, 0.717) is 5.92 Å². The van der Waals surface area contributed by atoms with Gasteiger partial charge in [-0.15, -0.1) is 0 Å². The summed E-state index contributed by atoms with van der Waals surface area (Å²) in [6.45, 7) is 4.08. The number of carbonyl (C=O) groups is 1. The van der Waals surface area contributed by atoms with E-state index in [-0.39, 0.29) is 6.54 Å². The summed E-state index contributed by atoms with van der Waals surface area (Å²) in [5.74, 6) is -0.288. The van der Waals surface area contributed by atoms with E-state index in [0.717, 1.165) is 24.3 Å². The highest BCUT2D eigenvalue weighted by molar-refractivity contribution is 5.73. The molecule has 0 aliphatic carbocycles. The smallest absolute Gasteiger partial charge is 0.322 e. The number of piperidine rings is 1. The van der Waals surface area contributed by atoms with E-state index in [1.54, 1.807) is 0 Å². The van der Waals surface area contributed by atoms with Crippen LogP contribution < -0.4 is 10.6 Å². The predicted octanol–water partition coefficient (Wildman–Crippen LogP) is 1.96. The van der Waals surface area contributed by atoms with Gasteiger partial charge in [-0.3, -0.25) is 4.79 Å². The monoisotopic (exact) mass is 248 g/mol. The van der Waals surface area contributed by atoms with Crippen molar-refractivity contribution in [3.05, 3.63) is 29.3 Å². The number of hydrogen-bond acceptors (Lipinski definition) is 3. The van der Waals surface area contributed by atoms with E-state index in [4.69, 9.17) is 5.11 Å². The van der Waals surface area contributed by atoms with Crippen LogP contribution in [0.5, 0.6) is 0 Å². The van der Waals surface area contributed by atoms with Gasteiger partial charge < -0.3 is 15.7 Å². The van der Waals surface area contributed by atoms with E-state index in [1.165, 1.54) is 18.4 Å². The maximum Gasteiger partial charge on any atom is 0.322 e. The summed E-state index contributed by atoms with van der Waals surface area (Å²) in [5.41, 5.74) is 3.31. The number of nitrogens with one attached hydrogen (secondary N) is 2. The summed E-state index contributed by atoms with van der Waals surface area (Å²) in [4.78, 5) is 10.6. The lowest BCUT2D eigenvalue weighted by atomic mass is 9.90. The predicted molar refractivity (Wildman–Crippen MR) is 72.1 cm³/mol. The Labute approximate surface area is 107 Å². The molecule has 0 aromatic heterocycles. The van der Waals surface area contributed by atoms with Crippen LogP contribution >= 0.6 is 0 Å². The highest BCUT2D eigenvalue weighted by Crippen LogP contribution is 2.27. The van der Waals surface area contributed by atoms with Gasteiger partial charge in [0.25, 0.3) is 0 Å². The van der Waals surface area contributed by atoms with Crippen molar-refractivity contribution in [2.45, 2.75) is 25.7 Å². The second kappa shape index (κ2) is 5.87. The zero-order valence-corrected chi connectivity index (χ0v) is 10.7. The molecule has 3 N–H and O–H groups in total. The molecular formula is C14H20N2O2. The van der Waals surface area contributed by atoms with Crippen LogP contribution in [0.4, 0.5) is 5.69 Å². The molecule has 18 heavy (non-hydrogen) atoms. The van der Waals surface area contributed by atoms with E-state index < -0.39 is 5.97 Å². The average molecular weight is 248 g/mol. The summed E-state index contributed by atoms with van der Waals surface area (Å²) < 4.78 is 0. The maximum absolute atomic E-state index is 10.6. The first-order chi connectivity index (χ1) is 8.66. The molecule has 1 unspecified atom stereocenters. The van der Waals surface area contributed by atoms with Crippen LogP contribution in [0, 0.1) is 6.92 Å². The quantitative estimate of drug-likeness (QED) is 0.762. The SMILES string of the molecule is Cc1ccc(C2CCCNC2)cc1NCC(=O)O. The summed E-state index contributed by atoms with van der Waals surface area (Å²) in [5, 5.41) is 15.1. The van der Waals surface area contributed by atoms with Crippen LogP contribution in [0.3, 0.4) is 0 Å². The molecule has 4 nitrogen and oxygen atoms in total. The Bertz CT molecular complexity index is 426. The van der Waals surface area contributed by atoms with Gasteiger partial charge in [0.1, 0.15) is 6.54 Å². The Hall–Kier alpha value is -1.55. The molecule has 0 bridgehead atoms. The fourth-order valence-electron chi connectivity index (χ4n) is 2.39. The molecule has 0 spiro atoms. The Morgan fingerprint density at radius 1 is 1.56 bits per heavy atom. The third kappa shape index (κ3) is 3.23. The fourth-order valence-corrected chi connectivity index (χ4v) is 2.39. The zero-order valence-electron chi connectivity index (χ0n) is 10.7. The number of hydrogen-bond donors (Lipinski definition) is 3. The molecule has 2 rings (SSSR count). The van der Waals surface area contributed by atoms with E-state index >= 15 is 0 Å². The summed E-state index contributed by atoms with van der Waals surface area (Å²) in [6, 6.07) is 6.31. The van der Waals surface area contributed by atoms with Gasteiger partial charge in [0, 0.05) is 12.2 Å². The molecular weight excluding hydrogens is 228 g/mol. The third-order valence-corrected chi connectivity index (χ3v) is 3.46. The highest BCUT2D eigenvalue weighted by atomic mass is 16.4. The lowest BCUT2D eigenvalue weighted by molar-refractivity contribution is -0.134. The zero-order chi connectivity index (χ0) is 13.0. The second-order valence-electron chi connectivity index (χ2n) is 4.86. The van der Waals surface area contributed by atoms with Gasteiger partial charge in [0.15, 0.2) is 0 Å². The van der Waals surface area contributed by atoms with E-state index in [2.05, 4.69) is 28.8 Å². The molecule has 1 aliphatic rings. The van der Waals surface area contributed by atoms with Gasteiger partial charge in [-0.1, -0.05) is 12.1 Å². The average Bonchev–Trinajstić information content (AvgIpc) is 2.38. The van der Waals surface area contributed by atoms with Gasteiger partial charge in [-0.25, -0.2) is 0 Å². The van der Waals surface area contributed by atoms with Gasteiger partial charge in [0.05, 0.1) is 0 Å². The number of carboxylic acids is 1. The second-order valence-corrected chi connectivity index (χ2v) is 4.86. The lowest BCUT2D eigenvalue weighted by Crippen LogP contribution is -2.28. The molecule has 1 atom stereocenters. The molecule has 1 fully saturated rings. The first-order valence-electron chi connectivity index (χ1n) is 6.44. The molecule has 1 aromatic carbocycles. The Kier molecular flexibility index (Phi) is 4.20. The van der Waals surface area contributed by atoms with E-state index in [9.17, 15) is 4.79 Å². The molecule has 1 aliphatic heterocycles. The van der Waals surface area contributed by atoms with E-state index in [1.807, 2.05) is 6.92 Å². The molecule has 1 aromatic rings. The summed E-state index contributed by atoms with van der Waals surface area (Å²) >= 11 is 0. The number of aliphatic carboxylic acids is 1. The molecule has 98 valence electrons. The standard InChI is InChI=1S/C14H20N2O2/c1-10-4-5-11(12-3-2-6-15-8-12)7-13(10)16-9-14(17)18/h4-5,7,12,15-16H,2-3,6,8-9H2,1H3,(H,17,18). The molecule has 0 amide bonds. The van der Waals surface area contributed by atoms with Crippen LogP contribution in [-0.2, 0) is 4.79 Å². The first kappa shape index (κ1) is 12.9. The van der Waals surface area contributed by atoms with Crippen molar-refractivity contribution in [2.75, 3.05) is 25.0 Å². The van der Waals surface area contributed by atoms with Crippen molar-refractivity contribution < 1.29 is 9.90 Å². The minimum absolute atomic E-state index is 0.0345. The van der Waals surface area contributed by atoms with Crippen molar-refractivity contribution in [3.63, 3.8) is 0 Å². The Balaban J connectivity index is 2.11. The minimum atomic E-state index is -0.834. The van der Waals surface area contributed by atoms with Gasteiger partial charge in [0.2, 0.25) is 0 Å². The Morgan fingerprint density at radius 3 is 3.06 bits per heavy atom. The van der Waals surface area contributed by atoms with Crippen molar-refractivity contribution in [2.24, 2.45) is 0 Å². The number of aryl methyl sites for hydroxylation is 1. The lowest BCUT2D eigenvalue weighted by Gasteiger charge is -2.24. The van der Waals surface area contributed by atoms with Gasteiger partial charge in [-0.05, 0) is 49.4 Å².